The molecule has 4 rings (SSSR count). The van der Waals surface area contributed by atoms with E-state index in [0.717, 1.165) is 6.92 Å². The Balaban J connectivity index is 2.04. The number of benzene rings is 1. The normalized spacial score (nSPS) is 34.1. The molecule has 0 saturated heterocycles. The fraction of sp³-hybridized carbons (Fsp3) is 0.444. The minimum Gasteiger partial charge on any atom is -0.507 e. The number of amides is 1. The number of aromatic hydroxyl groups is 1. The van der Waals surface area contributed by atoms with Crippen LogP contribution in [0.25, 0.3) is 6.08 Å². The Bertz CT molecular complexity index is 1360. The van der Waals surface area contributed by atoms with Crippen molar-refractivity contribution < 1.29 is 43.7 Å². The zero-order chi connectivity index (χ0) is 28.4. The van der Waals surface area contributed by atoms with Crippen LogP contribution >= 0.6 is 0 Å². The molecule has 38 heavy (non-hydrogen) atoms. The van der Waals surface area contributed by atoms with Crippen LogP contribution in [0.4, 0.5) is 0 Å². The van der Waals surface area contributed by atoms with Gasteiger partial charge in [-0.2, -0.15) is 0 Å². The molecule has 200 valence electrons. The predicted octanol–water partition coefficient (Wildman–Crippen LogP) is -0.232. The molecular weight excluding hydrogens is 496 g/mol. The van der Waals surface area contributed by atoms with Crippen LogP contribution in [-0.4, -0.2) is 82.0 Å². The smallest absolute Gasteiger partial charge is 0.302 e. The lowest BCUT2D eigenvalue weighted by molar-refractivity contribution is -0.205. The third-order valence-electron chi connectivity index (χ3n) is 8.05. The molecule has 1 amide bonds. The van der Waals surface area contributed by atoms with Crippen LogP contribution in [0.1, 0.15) is 41.3 Å². The van der Waals surface area contributed by atoms with Crippen LogP contribution in [0.2, 0.25) is 0 Å². The Morgan fingerprint density at radius 1 is 1.18 bits per heavy atom. The van der Waals surface area contributed by atoms with E-state index in [2.05, 4.69) is 12.3 Å². The highest BCUT2D eigenvalue weighted by Crippen LogP contribution is 2.55. The summed E-state index contributed by atoms with van der Waals surface area (Å²) in [6.07, 6.45) is -0.125. The number of likely N-dealkylation sites (N-methyl/N-ethyl adjacent to an activating group) is 1. The van der Waals surface area contributed by atoms with Crippen LogP contribution in [0.5, 0.6) is 5.75 Å². The number of ketones is 4. The topological polar surface area (TPSA) is 181 Å². The van der Waals surface area contributed by atoms with Gasteiger partial charge in [0, 0.05) is 18.4 Å². The van der Waals surface area contributed by atoms with Gasteiger partial charge in [-0.3, -0.25) is 33.7 Å². The number of esters is 1. The van der Waals surface area contributed by atoms with Crippen molar-refractivity contribution in [3.8, 4) is 5.75 Å². The summed E-state index contributed by atoms with van der Waals surface area (Å²) in [5, 5.41) is 22.7. The third kappa shape index (κ3) is 3.50. The lowest BCUT2D eigenvalue weighted by Gasteiger charge is -2.56. The number of nitrogens with two attached hydrogens (primary N) is 1. The van der Waals surface area contributed by atoms with E-state index in [1.165, 1.54) is 31.1 Å². The number of ether oxygens (including phenoxy) is 1. The largest absolute Gasteiger partial charge is 0.507 e. The zero-order valence-corrected chi connectivity index (χ0v) is 21.3. The molecule has 8 atom stereocenters. The summed E-state index contributed by atoms with van der Waals surface area (Å²) in [7, 11) is 2.88. The van der Waals surface area contributed by atoms with Crippen molar-refractivity contribution in [3.05, 3.63) is 41.1 Å². The van der Waals surface area contributed by atoms with E-state index in [4.69, 9.17) is 10.5 Å². The van der Waals surface area contributed by atoms with Crippen molar-refractivity contribution >= 4 is 41.1 Å². The third-order valence-corrected chi connectivity index (χ3v) is 8.05. The maximum atomic E-state index is 14.1. The van der Waals surface area contributed by atoms with Gasteiger partial charge in [0.2, 0.25) is 5.91 Å². The van der Waals surface area contributed by atoms with E-state index >= 15 is 0 Å². The minimum absolute atomic E-state index is 0.185. The predicted molar refractivity (Wildman–Crippen MR) is 131 cm³/mol. The fourth-order valence-corrected chi connectivity index (χ4v) is 6.54. The molecule has 2 saturated carbocycles. The van der Waals surface area contributed by atoms with E-state index in [9.17, 15) is 39.0 Å². The molecule has 0 aliphatic heterocycles. The molecule has 11 nitrogen and oxygen atoms in total. The minimum atomic E-state index is -3.05. The second-order valence-electron chi connectivity index (χ2n) is 10.3. The first kappa shape index (κ1) is 27.1. The summed E-state index contributed by atoms with van der Waals surface area (Å²) in [4.78, 5) is 80.6. The number of hydrogen-bond acceptors (Lipinski definition) is 10. The van der Waals surface area contributed by atoms with Crippen LogP contribution in [0, 0.1) is 23.7 Å². The van der Waals surface area contributed by atoms with Crippen molar-refractivity contribution in [2.45, 2.75) is 37.5 Å². The molecule has 0 bridgehead atoms. The average Bonchev–Trinajstić information content (AvgIpc) is 2.81. The summed E-state index contributed by atoms with van der Waals surface area (Å²) < 4.78 is 5.61. The van der Waals surface area contributed by atoms with Gasteiger partial charge in [0.15, 0.2) is 34.7 Å². The maximum Gasteiger partial charge on any atom is 0.302 e. The molecule has 2 fully saturated rings. The summed E-state index contributed by atoms with van der Waals surface area (Å²) >= 11 is 0. The van der Waals surface area contributed by atoms with Gasteiger partial charge in [0.25, 0.3) is 0 Å². The molecule has 11 heteroatoms. The maximum absolute atomic E-state index is 14.1. The van der Waals surface area contributed by atoms with Crippen LogP contribution in [-0.2, 0) is 28.7 Å². The van der Waals surface area contributed by atoms with Crippen LogP contribution < -0.4 is 5.73 Å². The highest BCUT2D eigenvalue weighted by Gasteiger charge is 2.74. The van der Waals surface area contributed by atoms with Crippen molar-refractivity contribution in [3.63, 3.8) is 0 Å². The number of phenolic OH excluding ortho intramolecular Hbond substituents is 1. The van der Waals surface area contributed by atoms with Crippen molar-refractivity contribution in [2.24, 2.45) is 29.4 Å². The molecule has 3 aliphatic rings. The average molecular weight is 525 g/mol. The van der Waals surface area contributed by atoms with Gasteiger partial charge in [-0.25, -0.2) is 0 Å². The fourth-order valence-electron chi connectivity index (χ4n) is 6.54. The Morgan fingerprint density at radius 3 is 2.34 bits per heavy atom. The highest BCUT2D eigenvalue weighted by molar-refractivity contribution is 6.32. The van der Waals surface area contributed by atoms with Gasteiger partial charge >= 0.3 is 5.97 Å². The molecule has 0 aromatic heterocycles. The summed E-state index contributed by atoms with van der Waals surface area (Å²) in [6, 6.07) is 1.68. The number of carbonyl (C=O) groups is 6. The molecule has 0 spiro atoms. The number of carbonyl (C=O) groups excluding carboxylic acids is 6. The van der Waals surface area contributed by atoms with E-state index < -0.39 is 88.1 Å². The first-order chi connectivity index (χ1) is 17.7. The molecule has 1 aromatic rings. The van der Waals surface area contributed by atoms with Gasteiger partial charge in [0.1, 0.15) is 11.9 Å². The van der Waals surface area contributed by atoms with Gasteiger partial charge in [-0.1, -0.05) is 25.6 Å². The van der Waals surface area contributed by atoms with Gasteiger partial charge in [-0.05, 0) is 31.7 Å². The number of primary amides is 1. The zero-order valence-electron chi connectivity index (χ0n) is 21.3. The summed E-state index contributed by atoms with van der Waals surface area (Å²) in [5.74, 6) is -14.5. The van der Waals surface area contributed by atoms with E-state index in [0.29, 0.717) is 5.56 Å². The van der Waals surface area contributed by atoms with E-state index in [1.807, 2.05) is 0 Å². The second kappa shape index (κ2) is 9.13. The van der Waals surface area contributed by atoms with Crippen molar-refractivity contribution in [2.75, 3.05) is 14.1 Å². The number of aliphatic hydroxyl groups is 1. The summed E-state index contributed by atoms with van der Waals surface area (Å²) in [6.45, 7) is 6.19. The van der Waals surface area contributed by atoms with Gasteiger partial charge < -0.3 is 20.7 Å². The van der Waals surface area contributed by atoms with Crippen LogP contribution in [0.15, 0.2) is 24.4 Å². The second-order valence-corrected chi connectivity index (χ2v) is 10.3. The monoisotopic (exact) mass is 524 g/mol. The quantitative estimate of drug-likeness (QED) is 0.270. The van der Waals surface area contributed by atoms with E-state index in [1.54, 1.807) is 13.0 Å². The number of phenols is 1. The first-order valence-electron chi connectivity index (χ1n) is 11.9. The number of Topliss-reactive ketones (excluding diaryl/α,β-unsaturated/α-hetero) is 4. The van der Waals surface area contributed by atoms with Gasteiger partial charge in [0.05, 0.1) is 23.4 Å². The first-order valence-corrected chi connectivity index (χ1v) is 11.9. The number of rotatable bonds is 4. The Morgan fingerprint density at radius 2 is 1.82 bits per heavy atom. The summed E-state index contributed by atoms with van der Waals surface area (Å²) in [5.41, 5.74) is 5.16. The standard InChI is InChI=1S/C27H28N2O9/c1-6-7-12-8-9-13-10(2)14-16(21(32)15(13)20(12)31)24(34)27(37)18(23(14)38-11(3)30)19(29(4)5)22(33)17(25(27)35)26(28)36/h7-10,14,16-19,23,31,37H,1H2,2-5H3,(H2,28,36)/t10-,14+,16?,17?,18+,19-,23-,27-/m1/s1. The molecule has 0 radical (unpaired) electrons. The molecule has 0 heterocycles. The van der Waals surface area contributed by atoms with Crippen molar-refractivity contribution in [1.82, 2.24) is 4.90 Å². The molecule has 4 N–H and O–H groups in total. The SMILES string of the molecule is C=C=Cc1ccc2c(c1O)C(=O)C1C(=O)[C@@]3(O)C(=O)C(C(N)=O)C(=O)[C@H](N(C)C)[C@H]3[C@H](OC(C)=O)[C@H]1[C@@H]2C. The van der Waals surface area contributed by atoms with E-state index in [-0.39, 0.29) is 11.1 Å². The highest BCUT2D eigenvalue weighted by atomic mass is 16.5. The lowest BCUT2D eigenvalue weighted by Crippen LogP contribution is -2.78. The Labute approximate surface area is 217 Å². The number of nitrogens with zero attached hydrogens (tertiary/aromatic N) is 1. The molecule has 2 unspecified atom stereocenters. The molecular formula is C27H28N2O9. The molecule has 1 aromatic carbocycles. The Hall–Kier alpha value is -3.92. The molecule has 3 aliphatic carbocycles. The van der Waals surface area contributed by atoms with Crippen LogP contribution in [0.3, 0.4) is 0 Å². The van der Waals surface area contributed by atoms with Crippen molar-refractivity contribution in [1.29, 1.82) is 0 Å². The number of hydrogen-bond donors (Lipinski definition) is 3. The lowest BCUT2D eigenvalue weighted by atomic mass is 9.49. The number of fused-ring (bicyclic) bond motifs is 3. The Kier molecular flexibility index (Phi) is 6.51. The van der Waals surface area contributed by atoms with Gasteiger partial charge in [-0.15, -0.1) is 5.73 Å².